The molecule has 0 aliphatic carbocycles. The predicted molar refractivity (Wildman–Crippen MR) is 61.6 cm³/mol. The quantitative estimate of drug-likeness (QED) is 0.866. The van der Waals surface area contributed by atoms with Gasteiger partial charge < -0.3 is 14.4 Å². The lowest BCUT2D eigenvalue weighted by Crippen LogP contribution is -2.03. The molecule has 2 aromatic rings. The Morgan fingerprint density at radius 2 is 2.33 bits per heavy atom. The van der Waals surface area contributed by atoms with Crippen LogP contribution in [-0.4, -0.2) is 27.8 Å². The Morgan fingerprint density at radius 3 is 3.00 bits per heavy atom. The maximum atomic E-state index is 10.5. The normalized spacial score (nSPS) is 10.3. The van der Waals surface area contributed by atoms with Crippen LogP contribution in [0.25, 0.3) is 0 Å². The van der Waals surface area contributed by atoms with E-state index >= 15 is 0 Å². The third-order valence-electron chi connectivity index (χ3n) is 2.23. The van der Waals surface area contributed by atoms with E-state index in [1.165, 1.54) is 0 Å². The summed E-state index contributed by atoms with van der Waals surface area (Å²) in [6.07, 6.45) is 0.369. The SMILES string of the molecule is Cc1cccc(OCCc2nc(C(=O)O)no2)c1. The van der Waals surface area contributed by atoms with Crippen molar-refractivity contribution in [3.05, 3.63) is 41.5 Å². The van der Waals surface area contributed by atoms with Crippen LogP contribution >= 0.6 is 0 Å². The number of aromatic carboxylic acids is 1. The van der Waals surface area contributed by atoms with Crippen LogP contribution in [0.4, 0.5) is 0 Å². The minimum absolute atomic E-state index is 0.250. The zero-order valence-electron chi connectivity index (χ0n) is 9.79. The van der Waals surface area contributed by atoms with Gasteiger partial charge in [-0.1, -0.05) is 12.1 Å². The van der Waals surface area contributed by atoms with E-state index in [2.05, 4.69) is 10.1 Å². The van der Waals surface area contributed by atoms with Crippen molar-refractivity contribution in [1.29, 1.82) is 0 Å². The molecule has 6 nitrogen and oxygen atoms in total. The second kappa shape index (κ2) is 5.31. The van der Waals surface area contributed by atoms with Crippen LogP contribution in [0.15, 0.2) is 28.8 Å². The molecule has 1 heterocycles. The number of hydrogen-bond donors (Lipinski definition) is 1. The number of carboxylic acid groups (broad SMARTS) is 1. The Labute approximate surface area is 103 Å². The number of carbonyl (C=O) groups is 1. The van der Waals surface area contributed by atoms with Gasteiger partial charge in [-0.05, 0) is 29.8 Å². The molecule has 0 spiro atoms. The van der Waals surface area contributed by atoms with Gasteiger partial charge in [0.25, 0.3) is 5.82 Å². The van der Waals surface area contributed by atoms with E-state index in [1.54, 1.807) is 0 Å². The third-order valence-corrected chi connectivity index (χ3v) is 2.23. The van der Waals surface area contributed by atoms with Gasteiger partial charge in [0, 0.05) is 0 Å². The average molecular weight is 248 g/mol. The van der Waals surface area contributed by atoms with Gasteiger partial charge in [-0.2, -0.15) is 4.98 Å². The highest BCUT2D eigenvalue weighted by Crippen LogP contribution is 2.12. The van der Waals surface area contributed by atoms with Crippen LogP contribution in [0, 0.1) is 6.92 Å². The number of aromatic nitrogens is 2. The molecule has 1 aromatic heterocycles. The number of rotatable bonds is 5. The minimum atomic E-state index is -1.20. The molecular formula is C12H12N2O4. The van der Waals surface area contributed by atoms with Crippen LogP contribution in [-0.2, 0) is 6.42 Å². The van der Waals surface area contributed by atoms with E-state index in [9.17, 15) is 4.79 Å². The summed E-state index contributed by atoms with van der Waals surface area (Å²) in [5.41, 5.74) is 1.11. The maximum absolute atomic E-state index is 10.5. The zero-order valence-corrected chi connectivity index (χ0v) is 9.79. The first-order valence-corrected chi connectivity index (χ1v) is 5.40. The van der Waals surface area contributed by atoms with Gasteiger partial charge in [0.1, 0.15) is 5.75 Å². The molecule has 0 radical (unpaired) electrons. The Morgan fingerprint density at radius 1 is 1.50 bits per heavy atom. The van der Waals surface area contributed by atoms with Crippen LogP contribution in [0.1, 0.15) is 22.1 Å². The van der Waals surface area contributed by atoms with Crippen molar-refractivity contribution in [1.82, 2.24) is 10.1 Å². The molecule has 18 heavy (non-hydrogen) atoms. The van der Waals surface area contributed by atoms with Crippen LogP contribution in [0.3, 0.4) is 0 Å². The fourth-order valence-corrected chi connectivity index (χ4v) is 1.40. The number of nitrogens with zero attached hydrogens (tertiary/aromatic N) is 2. The smallest absolute Gasteiger partial charge is 0.377 e. The van der Waals surface area contributed by atoms with E-state index in [4.69, 9.17) is 14.4 Å². The van der Waals surface area contributed by atoms with E-state index < -0.39 is 5.97 Å². The summed E-state index contributed by atoms with van der Waals surface area (Å²) < 4.78 is 10.3. The highest BCUT2D eigenvalue weighted by atomic mass is 16.5. The molecular weight excluding hydrogens is 236 g/mol. The monoisotopic (exact) mass is 248 g/mol. The summed E-state index contributed by atoms with van der Waals surface area (Å²) in [5.74, 6) is -0.529. The zero-order chi connectivity index (χ0) is 13.0. The molecule has 0 saturated heterocycles. The number of carboxylic acids is 1. The average Bonchev–Trinajstić information content (AvgIpc) is 2.78. The van der Waals surface area contributed by atoms with Crippen LogP contribution < -0.4 is 4.74 Å². The first kappa shape index (κ1) is 12.1. The van der Waals surface area contributed by atoms with Crippen molar-refractivity contribution in [2.45, 2.75) is 13.3 Å². The third kappa shape index (κ3) is 3.07. The van der Waals surface area contributed by atoms with Crippen molar-refractivity contribution in [2.24, 2.45) is 0 Å². The maximum Gasteiger partial charge on any atom is 0.377 e. The number of aryl methyl sites for hydroxylation is 1. The second-order valence-corrected chi connectivity index (χ2v) is 3.73. The fraction of sp³-hybridized carbons (Fsp3) is 0.250. The lowest BCUT2D eigenvalue weighted by Gasteiger charge is -2.04. The fourth-order valence-electron chi connectivity index (χ4n) is 1.40. The minimum Gasteiger partial charge on any atom is -0.493 e. The van der Waals surface area contributed by atoms with E-state index in [1.807, 2.05) is 31.2 Å². The van der Waals surface area contributed by atoms with E-state index in [0.29, 0.717) is 13.0 Å². The highest BCUT2D eigenvalue weighted by molar-refractivity contribution is 5.82. The van der Waals surface area contributed by atoms with Gasteiger partial charge in [0.05, 0.1) is 13.0 Å². The molecule has 6 heteroatoms. The lowest BCUT2D eigenvalue weighted by atomic mass is 10.2. The number of hydrogen-bond acceptors (Lipinski definition) is 5. The molecule has 2 rings (SSSR count). The molecule has 0 atom stereocenters. The summed E-state index contributed by atoms with van der Waals surface area (Å²) >= 11 is 0. The van der Waals surface area contributed by atoms with Gasteiger partial charge in [-0.3, -0.25) is 0 Å². The molecule has 0 amide bonds. The summed E-state index contributed by atoms with van der Waals surface area (Å²) in [6.45, 7) is 2.33. The van der Waals surface area contributed by atoms with E-state index in [0.717, 1.165) is 11.3 Å². The Bertz CT molecular complexity index is 551. The van der Waals surface area contributed by atoms with Crippen molar-refractivity contribution in [3.63, 3.8) is 0 Å². The van der Waals surface area contributed by atoms with Crippen LogP contribution in [0.5, 0.6) is 5.75 Å². The van der Waals surface area contributed by atoms with Gasteiger partial charge in [-0.25, -0.2) is 4.79 Å². The topological polar surface area (TPSA) is 85.5 Å². The molecule has 94 valence electrons. The van der Waals surface area contributed by atoms with Gasteiger partial charge in [0.15, 0.2) is 0 Å². The first-order valence-electron chi connectivity index (χ1n) is 5.40. The standard InChI is InChI=1S/C12H12N2O4/c1-8-3-2-4-9(7-8)17-6-5-10-13-11(12(15)16)14-18-10/h2-4,7H,5-6H2,1H3,(H,15,16). The van der Waals surface area contributed by atoms with Crippen molar-refractivity contribution >= 4 is 5.97 Å². The van der Waals surface area contributed by atoms with Crippen molar-refractivity contribution < 1.29 is 19.2 Å². The Balaban J connectivity index is 1.86. The summed E-state index contributed by atoms with van der Waals surface area (Å²) in [4.78, 5) is 14.2. The molecule has 0 unspecified atom stereocenters. The van der Waals surface area contributed by atoms with Crippen LogP contribution in [0.2, 0.25) is 0 Å². The van der Waals surface area contributed by atoms with Gasteiger partial charge >= 0.3 is 5.97 Å². The predicted octanol–water partition coefficient (Wildman–Crippen LogP) is 1.70. The van der Waals surface area contributed by atoms with Crippen molar-refractivity contribution in [3.8, 4) is 5.75 Å². The molecule has 0 aliphatic heterocycles. The highest BCUT2D eigenvalue weighted by Gasteiger charge is 2.12. The van der Waals surface area contributed by atoms with Crippen molar-refractivity contribution in [2.75, 3.05) is 6.61 Å². The largest absolute Gasteiger partial charge is 0.493 e. The van der Waals surface area contributed by atoms with Gasteiger partial charge in [-0.15, -0.1) is 0 Å². The lowest BCUT2D eigenvalue weighted by molar-refractivity contribution is 0.0680. The second-order valence-electron chi connectivity index (χ2n) is 3.73. The summed E-state index contributed by atoms with van der Waals surface area (Å²) in [5, 5.41) is 11.9. The Hall–Kier alpha value is -2.37. The molecule has 0 fully saturated rings. The molecule has 1 aromatic carbocycles. The van der Waals surface area contributed by atoms with Gasteiger partial charge in [0.2, 0.25) is 5.89 Å². The summed E-state index contributed by atoms with van der Waals surface area (Å²) in [7, 11) is 0. The molecule has 0 aliphatic rings. The Kier molecular flexibility index (Phi) is 3.57. The molecule has 1 N–H and O–H groups in total. The summed E-state index contributed by atoms with van der Waals surface area (Å²) in [6, 6.07) is 7.64. The number of benzene rings is 1. The van der Waals surface area contributed by atoms with E-state index in [-0.39, 0.29) is 11.7 Å². The first-order chi connectivity index (χ1) is 8.65. The molecule has 0 bridgehead atoms. The number of ether oxygens (including phenoxy) is 1. The molecule has 0 saturated carbocycles.